The van der Waals surface area contributed by atoms with Crippen LogP contribution in [0.25, 0.3) is 0 Å². The highest BCUT2D eigenvalue weighted by Gasteiger charge is 2.10. The van der Waals surface area contributed by atoms with Crippen molar-refractivity contribution >= 4 is 21.9 Å². The second kappa shape index (κ2) is 9.37. The highest BCUT2D eigenvalue weighted by Crippen LogP contribution is 2.24. The minimum Gasteiger partial charge on any atom is -0.489 e. The molecule has 0 aliphatic carbocycles. The number of aromatic carboxylic acids is 1. The average molecular weight is 429 g/mol. The van der Waals surface area contributed by atoms with E-state index in [4.69, 9.17) is 4.74 Å². The van der Waals surface area contributed by atoms with Crippen LogP contribution in [0.2, 0.25) is 0 Å². The molecule has 0 saturated heterocycles. The minimum atomic E-state index is -0.951. The number of aromatic nitrogens is 2. The molecule has 0 radical (unpaired) electrons. The first kappa shape index (κ1) is 19.2. The van der Waals surface area contributed by atoms with Crippen molar-refractivity contribution in [2.24, 2.45) is 0 Å². The Morgan fingerprint density at radius 1 is 1.11 bits per heavy atom. The average Bonchev–Trinajstić information content (AvgIpc) is 3.18. The number of H-pyrrole nitrogens is 1. The first-order chi connectivity index (χ1) is 13.1. The van der Waals surface area contributed by atoms with Crippen LogP contribution in [0.15, 0.2) is 59.3 Å². The molecule has 0 spiro atoms. The highest BCUT2D eigenvalue weighted by molar-refractivity contribution is 9.10. The number of aryl methyl sites for hydroxylation is 2. The number of benzene rings is 2. The number of ether oxygens (including phenoxy) is 1. The lowest BCUT2D eigenvalue weighted by molar-refractivity contribution is 0.0696. The van der Waals surface area contributed by atoms with E-state index in [9.17, 15) is 9.90 Å². The van der Waals surface area contributed by atoms with Crippen LogP contribution < -0.4 is 4.74 Å². The standard InChI is InChI=1S/C21H21BrN2O3/c22-18-9-5-15(6-10-18)14-27-19-13-17(21(25)26)8-7-16(19)3-1-2-4-20-23-11-12-24-20/h5-13H,1-4,14H2,(H,23,24)(H,25,26). The molecule has 0 aliphatic rings. The zero-order valence-corrected chi connectivity index (χ0v) is 16.4. The number of hydrogen-bond acceptors (Lipinski definition) is 3. The fraction of sp³-hybridized carbons (Fsp3) is 0.238. The van der Waals surface area contributed by atoms with Crippen molar-refractivity contribution in [3.8, 4) is 5.75 Å². The van der Waals surface area contributed by atoms with Gasteiger partial charge in [-0.3, -0.25) is 0 Å². The molecule has 0 saturated carbocycles. The fourth-order valence-electron chi connectivity index (χ4n) is 2.81. The Balaban J connectivity index is 1.64. The Hall–Kier alpha value is -2.60. The molecule has 6 heteroatoms. The maximum Gasteiger partial charge on any atom is 0.335 e. The quantitative estimate of drug-likeness (QED) is 0.469. The first-order valence-electron chi connectivity index (χ1n) is 8.83. The third-order valence-corrected chi connectivity index (χ3v) is 4.81. The Kier molecular flexibility index (Phi) is 6.65. The number of carbonyl (C=O) groups is 1. The van der Waals surface area contributed by atoms with Gasteiger partial charge in [-0.05, 0) is 54.7 Å². The van der Waals surface area contributed by atoms with Gasteiger partial charge in [0.2, 0.25) is 0 Å². The van der Waals surface area contributed by atoms with Crippen LogP contribution in [0.4, 0.5) is 0 Å². The van der Waals surface area contributed by atoms with Crippen LogP contribution in [0.1, 0.15) is 40.2 Å². The summed E-state index contributed by atoms with van der Waals surface area (Å²) in [4.78, 5) is 18.6. The van der Waals surface area contributed by atoms with Gasteiger partial charge in [-0.2, -0.15) is 0 Å². The number of nitrogens with one attached hydrogen (secondary N) is 1. The van der Waals surface area contributed by atoms with E-state index in [1.54, 1.807) is 18.3 Å². The summed E-state index contributed by atoms with van der Waals surface area (Å²) in [6, 6.07) is 13.0. The molecule has 27 heavy (non-hydrogen) atoms. The zero-order valence-electron chi connectivity index (χ0n) is 14.8. The summed E-state index contributed by atoms with van der Waals surface area (Å²) in [6.07, 6.45) is 7.29. The lowest BCUT2D eigenvalue weighted by atomic mass is 10.0. The van der Waals surface area contributed by atoms with E-state index in [-0.39, 0.29) is 5.56 Å². The van der Waals surface area contributed by atoms with E-state index in [1.165, 1.54) is 0 Å². The molecule has 0 aliphatic heterocycles. The van der Waals surface area contributed by atoms with Gasteiger partial charge in [-0.15, -0.1) is 0 Å². The molecule has 3 rings (SSSR count). The molecule has 140 valence electrons. The summed E-state index contributed by atoms with van der Waals surface area (Å²) < 4.78 is 6.97. The van der Waals surface area contributed by atoms with Crippen molar-refractivity contribution in [2.45, 2.75) is 32.3 Å². The predicted octanol–water partition coefficient (Wildman–Crippen LogP) is 5.01. The zero-order chi connectivity index (χ0) is 19.1. The van der Waals surface area contributed by atoms with E-state index in [0.717, 1.165) is 47.1 Å². The molecule has 5 nitrogen and oxygen atoms in total. The van der Waals surface area contributed by atoms with Crippen molar-refractivity contribution in [3.05, 3.63) is 81.8 Å². The van der Waals surface area contributed by atoms with E-state index in [1.807, 2.05) is 36.5 Å². The second-order valence-electron chi connectivity index (χ2n) is 6.29. The van der Waals surface area contributed by atoms with Crippen LogP contribution >= 0.6 is 15.9 Å². The van der Waals surface area contributed by atoms with Crippen molar-refractivity contribution < 1.29 is 14.6 Å². The summed E-state index contributed by atoms with van der Waals surface area (Å²) in [5.41, 5.74) is 2.29. The van der Waals surface area contributed by atoms with Gasteiger partial charge in [-0.1, -0.05) is 34.1 Å². The maximum absolute atomic E-state index is 11.3. The fourth-order valence-corrected chi connectivity index (χ4v) is 3.08. The third kappa shape index (κ3) is 5.69. The lowest BCUT2D eigenvalue weighted by Gasteiger charge is -2.13. The number of hydrogen-bond donors (Lipinski definition) is 2. The third-order valence-electron chi connectivity index (χ3n) is 4.29. The first-order valence-corrected chi connectivity index (χ1v) is 9.63. The topological polar surface area (TPSA) is 75.2 Å². The van der Waals surface area contributed by atoms with Gasteiger partial charge in [-0.25, -0.2) is 9.78 Å². The molecule has 2 N–H and O–H groups in total. The second-order valence-corrected chi connectivity index (χ2v) is 7.20. The number of imidazole rings is 1. The van der Waals surface area contributed by atoms with E-state index < -0.39 is 5.97 Å². The van der Waals surface area contributed by atoms with Gasteiger partial charge >= 0.3 is 5.97 Å². The molecule has 0 unspecified atom stereocenters. The van der Waals surface area contributed by atoms with Crippen LogP contribution in [-0.2, 0) is 19.4 Å². The molecule has 2 aromatic carbocycles. The highest BCUT2D eigenvalue weighted by atomic mass is 79.9. The van der Waals surface area contributed by atoms with Crippen LogP contribution in [0.5, 0.6) is 5.75 Å². The number of rotatable bonds is 9. The van der Waals surface area contributed by atoms with Gasteiger partial charge in [0, 0.05) is 23.3 Å². The Morgan fingerprint density at radius 2 is 1.89 bits per heavy atom. The molecule has 1 heterocycles. The SMILES string of the molecule is O=C(O)c1ccc(CCCCc2ncc[nH]2)c(OCc2ccc(Br)cc2)c1. The van der Waals surface area contributed by atoms with Gasteiger partial charge in [0.1, 0.15) is 18.2 Å². The summed E-state index contributed by atoms with van der Waals surface area (Å²) in [6.45, 7) is 0.399. The van der Waals surface area contributed by atoms with Crippen molar-refractivity contribution in [3.63, 3.8) is 0 Å². The van der Waals surface area contributed by atoms with Gasteiger partial charge in [0.25, 0.3) is 0 Å². The molecule has 3 aromatic rings. The van der Waals surface area contributed by atoms with Crippen molar-refractivity contribution in [2.75, 3.05) is 0 Å². The van der Waals surface area contributed by atoms with Crippen LogP contribution in [0, 0.1) is 0 Å². The molecule has 0 atom stereocenters. The predicted molar refractivity (Wildman–Crippen MR) is 107 cm³/mol. The number of carboxylic acids is 1. The monoisotopic (exact) mass is 428 g/mol. The molecule has 0 fully saturated rings. The summed E-state index contributed by atoms with van der Waals surface area (Å²) in [5, 5.41) is 9.26. The Labute approximate surface area is 166 Å². The van der Waals surface area contributed by atoms with E-state index in [2.05, 4.69) is 25.9 Å². The van der Waals surface area contributed by atoms with Gasteiger partial charge in [0.15, 0.2) is 0 Å². The number of nitrogens with zero attached hydrogens (tertiary/aromatic N) is 1. The molecule has 0 amide bonds. The number of unbranched alkanes of at least 4 members (excludes halogenated alkanes) is 1. The van der Waals surface area contributed by atoms with E-state index >= 15 is 0 Å². The van der Waals surface area contributed by atoms with Crippen molar-refractivity contribution in [1.82, 2.24) is 9.97 Å². The maximum atomic E-state index is 11.3. The van der Waals surface area contributed by atoms with Crippen molar-refractivity contribution in [1.29, 1.82) is 0 Å². The van der Waals surface area contributed by atoms with Crippen LogP contribution in [-0.4, -0.2) is 21.0 Å². The molecule has 0 bridgehead atoms. The smallest absolute Gasteiger partial charge is 0.335 e. The largest absolute Gasteiger partial charge is 0.489 e. The lowest BCUT2D eigenvalue weighted by Crippen LogP contribution is -2.03. The molecular weight excluding hydrogens is 408 g/mol. The summed E-state index contributed by atoms with van der Waals surface area (Å²) >= 11 is 3.42. The Morgan fingerprint density at radius 3 is 2.59 bits per heavy atom. The number of halogens is 1. The summed E-state index contributed by atoms with van der Waals surface area (Å²) in [7, 11) is 0. The summed E-state index contributed by atoms with van der Waals surface area (Å²) in [5.74, 6) is 0.673. The molecule has 1 aromatic heterocycles. The van der Waals surface area contributed by atoms with Crippen LogP contribution in [0.3, 0.4) is 0 Å². The normalized spacial score (nSPS) is 10.7. The van der Waals surface area contributed by atoms with Gasteiger partial charge in [0.05, 0.1) is 5.56 Å². The minimum absolute atomic E-state index is 0.236. The molecular formula is C21H21BrN2O3. The van der Waals surface area contributed by atoms with E-state index in [0.29, 0.717) is 12.4 Å². The van der Waals surface area contributed by atoms with Gasteiger partial charge < -0.3 is 14.8 Å². The Bertz CT molecular complexity index is 877. The number of aromatic amines is 1. The number of carboxylic acid groups (broad SMARTS) is 1.